The Balaban J connectivity index is 1.58. The van der Waals surface area contributed by atoms with E-state index in [9.17, 15) is 9.18 Å². The highest BCUT2D eigenvalue weighted by Gasteiger charge is 2.23. The van der Waals surface area contributed by atoms with Gasteiger partial charge in [-0.05, 0) is 47.9 Å². The number of halogens is 1. The highest BCUT2D eigenvalue weighted by molar-refractivity contribution is 5.95. The van der Waals surface area contributed by atoms with Gasteiger partial charge in [0.2, 0.25) is 0 Å². The highest BCUT2D eigenvalue weighted by atomic mass is 19.1. The summed E-state index contributed by atoms with van der Waals surface area (Å²) in [6.07, 6.45) is 4.01. The number of aromatic nitrogens is 1. The molecule has 1 aromatic heterocycles. The molecule has 0 bridgehead atoms. The second kappa shape index (κ2) is 9.04. The zero-order valence-electron chi connectivity index (χ0n) is 17.4. The molecule has 0 amide bonds. The minimum Gasteiger partial charge on any atom is -0.496 e. The third-order valence-electron chi connectivity index (χ3n) is 5.42. The number of nitrogens with one attached hydrogen (secondary N) is 1. The Kier molecular flexibility index (Phi) is 6.02. The lowest BCUT2D eigenvalue weighted by atomic mass is 9.90. The molecule has 0 saturated heterocycles. The van der Waals surface area contributed by atoms with Gasteiger partial charge >= 0.3 is 5.97 Å². The molecule has 2 aromatic carbocycles. The number of hydrogen-bond donors (Lipinski definition) is 1. The molecule has 2 heterocycles. The summed E-state index contributed by atoms with van der Waals surface area (Å²) in [5, 5.41) is 3.32. The quantitative estimate of drug-likeness (QED) is 0.583. The van der Waals surface area contributed by atoms with Gasteiger partial charge in [0, 0.05) is 24.2 Å². The maximum atomic E-state index is 13.8. The van der Waals surface area contributed by atoms with Gasteiger partial charge in [-0.25, -0.2) is 9.18 Å². The largest absolute Gasteiger partial charge is 0.496 e. The molecular formula is C24H23FN2O4. The molecule has 0 spiro atoms. The maximum Gasteiger partial charge on any atom is 0.340 e. The Labute approximate surface area is 180 Å². The molecule has 31 heavy (non-hydrogen) atoms. The average Bonchev–Trinajstić information content (AvgIpc) is 2.82. The van der Waals surface area contributed by atoms with E-state index in [4.69, 9.17) is 14.2 Å². The number of rotatable bonds is 6. The van der Waals surface area contributed by atoms with Gasteiger partial charge in [0.15, 0.2) is 0 Å². The average molecular weight is 422 g/mol. The molecule has 0 radical (unpaired) electrons. The molecule has 6 nitrogen and oxygen atoms in total. The molecule has 0 unspecified atom stereocenters. The first kappa shape index (κ1) is 20.7. The molecule has 7 heteroatoms. The normalized spacial score (nSPS) is 14.9. The minimum absolute atomic E-state index is 0.179. The number of carbonyl (C=O) groups is 1. The molecule has 0 fully saturated rings. The Hall–Kier alpha value is -3.61. The molecule has 1 aliphatic heterocycles. The lowest BCUT2D eigenvalue weighted by Crippen LogP contribution is -2.21. The van der Waals surface area contributed by atoms with Crippen molar-refractivity contribution in [2.24, 2.45) is 0 Å². The molecule has 4 rings (SSSR count). The highest BCUT2D eigenvalue weighted by Crippen LogP contribution is 2.39. The first-order valence-corrected chi connectivity index (χ1v) is 9.97. The van der Waals surface area contributed by atoms with E-state index in [1.165, 1.54) is 19.2 Å². The van der Waals surface area contributed by atoms with Crippen LogP contribution in [0.5, 0.6) is 11.5 Å². The van der Waals surface area contributed by atoms with Gasteiger partial charge in [-0.15, -0.1) is 0 Å². The van der Waals surface area contributed by atoms with E-state index in [2.05, 4.69) is 10.3 Å². The van der Waals surface area contributed by atoms with Crippen LogP contribution in [0, 0.1) is 5.82 Å². The number of fused-ring (bicyclic) bond motifs is 1. The minimum atomic E-state index is -0.411. The lowest BCUT2D eigenvalue weighted by molar-refractivity contribution is 0.0601. The first-order valence-electron chi connectivity index (χ1n) is 9.97. The molecule has 1 atom stereocenters. The van der Waals surface area contributed by atoms with Crippen molar-refractivity contribution in [1.29, 1.82) is 0 Å². The summed E-state index contributed by atoms with van der Waals surface area (Å²) in [4.78, 5) is 16.1. The predicted octanol–water partition coefficient (Wildman–Crippen LogP) is 4.66. The van der Waals surface area contributed by atoms with Gasteiger partial charge in [0.1, 0.15) is 17.3 Å². The number of benzene rings is 2. The number of esters is 1. The number of carbonyl (C=O) groups excluding carboxylic acids is 1. The van der Waals surface area contributed by atoms with Gasteiger partial charge in [0.25, 0.3) is 0 Å². The van der Waals surface area contributed by atoms with E-state index >= 15 is 0 Å². The monoisotopic (exact) mass is 422 g/mol. The molecular weight excluding hydrogens is 399 g/mol. The summed E-state index contributed by atoms with van der Waals surface area (Å²) in [6, 6.07) is 11.9. The number of anilines is 1. The van der Waals surface area contributed by atoms with E-state index < -0.39 is 5.97 Å². The van der Waals surface area contributed by atoms with E-state index in [1.807, 2.05) is 18.2 Å². The van der Waals surface area contributed by atoms with Crippen LogP contribution in [0.2, 0.25) is 0 Å². The van der Waals surface area contributed by atoms with Crippen molar-refractivity contribution in [3.05, 3.63) is 71.8 Å². The Morgan fingerprint density at radius 2 is 2.10 bits per heavy atom. The van der Waals surface area contributed by atoms with Crippen molar-refractivity contribution >= 4 is 11.7 Å². The third kappa shape index (κ3) is 4.30. The van der Waals surface area contributed by atoms with E-state index in [1.54, 1.807) is 31.6 Å². The van der Waals surface area contributed by atoms with Crippen molar-refractivity contribution in [2.45, 2.75) is 12.3 Å². The van der Waals surface area contributed by atoms with Crippen molar-refractivity contribution < 1.29 is 23.4 Å². The summed E-state index contributed by atoms with van der Waals surface area (Å²) in [7, 11) is 2.92. The molecule has 1 aliphatic rings. The van der Waals surface area contributed by atoms with Crippen LogP contribution in [-0.2, 0) is 4.74 Å². The molecule has 0 saturated carbocycles. The summed E-state index contributed by atoms with van der Waals surface area (Å²) < 4.78 is 29.9. The van der Waals surface area contributed by atoms with Crippen LogP contribution in [-0.4, -0.2) is 38.3 Å². The maximum absolute atomic E-state index is 13.8. The smallest absolute Gasteiger partial charge is 0.340 e. The van der Waals surface area contributed by atoms with Crippen molar-refractivity contribution in [1.82, 2.24) is 4.98 Å². The molecule has 0 aliphatic carbocycles. The number of methoxy groups -OCH3 is 2. The topological polar surface area (TPSA) is 69.7 Å². The summed E-state index contributed by atoms with van der Waals surface area (Å²) in [5.74, 6) is 0.807. The third-order valence-corrected chi connectivity index (χ3v) is 5.42. The van der Waals surface area contributed by atoms with Gasteiger partial charge in [-0.1, -0.05) is 12.1 Å². The van der Waals surface area contributed by atoms with Crippen molar-refractivity contribution in [2.75, 3.05) is 32.7 Å². The number of nitrogens with zero attached hydrogens (tertiary/aromatic N) is 1. The molecule has 1 N–H and O–H groups in total. The SMILES string of the molecule is COC(=O)c1ccncc1NC[C@@H]1CCOc2cc(-c3cc(F)ccc3OC)ccc21. The number of pyridine rings is 1. The van der Waals surface area contributed by atoms with Gasteiger partial charge in [0.05, 0.1) is 38.3 Å². The number of hydrogen-bond acceptors (Lipinski definition) is 6. The van der Waals surface area contributed by atoms with Crippen LogP contribution in [0.1, 0.15) is 28.3 Å². The zero-order valence-corrected chi connectivity index (χ0v) is 17.4. The Morgan fingerprint density at radius 3 is 2.90 bits per heavy atom. The molecule has 3 aromatic rings. The molecule has 160 valence electrons. The van der Waals surface area contributed by atoms with Crippen LogP contribution in [0.3, 0.4) is 0 Å². The van der Waals surface area contributed by atoms with E-state index in [0.717, 1.165) is 23.3 Å². The second-order valence-electron chi connectivity index (χ2n) is 7.23. The fourth-order valence-electron chi connectivity index (χ4n) is 3.81. The van der Waals surface area contributed by atoms with Crippen molar-refractivity contribution in [3.63, 3.8) is 0 Å². The van der Waals surface area contributed by atoms with Crippen LogP contribution < -0.4 is 14.8 Å². The Bertz CT molecular complexity index is 1100. The zero-order chi connectivity index (χ0) is 21.8. The Morgan fingerprint density at radius 1 is 1.23 bits per heavy atom. The summed E-state index contributed by atoms with van der Waals surface area (Å²) >= 11 is 0. The summed E-state index contributed by atoms with van der Waals surface area (Å²) in [6.45, 7) is 1.18. The van der Waals surface area contributed by atoms with E-state index in [0.29, 0.717) is 35.7 Å². The fourth-order valence-corrected chi connectivity index (χ4v) is 3.81. The first-order chi connectivity index (χ1) is 15.1. The van der Waals surface area contributed by atoms with Gasteiger partial charge in [-0.3, -0.25) is 4.98 Å². The van der Waals surface area contributed by atoms with Crippen LogP contribution >= 0.6 is 0 Å². The summed E-state index contributed by atoms with van der Waals surface area (Å²) in [5.41, 5.74) is 3.62. The van der Waals surface area contributed by atoms with E-state index in [-0.39, 0.29) is 11.7 Å². The standard InChI is InChI=1S/C24H23FN2O4/c1-29-22-6-4-17(25)12-20(22)15-3-5-18-16(8-10-31-23(18)11-15)13-27-21-14-26-9-7-19(21)24(28)30-2/h3-7,9,11-12,14,16,27H,8,10,13H2,1-2H3/t16-/m0/s1. The van der Waals surface area contributed by atoms with Crippen LogP contribution in [0.15, 0.2) is 54.9 Å². The van der Waals surface area contributed by atoms with Gasteiger partial charge in [-0.2, -0.15) is 0 Å². The lowest BCUT2D eigenvalue weighted by Gasteiger charge is -2.27. The van der Waals surface area contributed by atoms with Crippen molar-refractivity contribution in [3.8, 4) is 22.6 Å². The van der Waals surface area contributed by atoms with Crippen LogP contribution in [0.25, 0.3) is 11.1 Å². The van der Waals surface area contributed by atoms with Gasteiger partial charge < -0.3 is 19.5 Å². The predicted molar refractivity (Wildman–Crippen MR) is 115 cm³/mol. The van der Waals surface area contributed by atoms with Crippen LogP contribution in [0.4, 0.5) is 10.1 Å². The number of ether oxygens (including phenoxy) is 3. The fraction of sp³-hybridized carbons (Fsp3) is 0.250. The second-order valence-corrected chi connectivity index (χ2v) is 7.23.